The molecular formula is C18H22N2O2. The number of nitrogens with zero attached hydrogens (tertiary/aromatic N) is 1. The summed E-state index contributed by atoms with van der Waals surface area (Å²) in [7, 11) is 0. The molecule has 1 amide bonds. The third-order valence-corrected chi connectivity index (χ3v) is 5.49. The van der Waals surface area contributed by atoms with E-state index in [4.69, 9.17) is 0 Å². The predicted octanol–water partition coefficient (Wildman–Crippen LogP) is 2.25. The number of H-pyrrole nitrogens is 1. The average molecular weight is 298 g/mol. The quantitative estimate of drug-likeness (QED) is 0.893. The Morgan fingerprint density at radius 1 is 1.27 bits per heavy atom. The maximum atomic E-state index is 12.7. The molecule has 1 aliphatic carbocycles. The highest BCUT2D eigenvalue weighted by Crippen LogP contribution is 2.37. The topological polar surface area (TPSA) is 56.3 Å². The molecule has 4 rings (SSSR count). The molecule has 2 aliphatic rings. The molecule has 2 heterocycles. The van der Waals surface area contributed by atoms with Crippen LogP contribution in [0.4, 0.5) is 0 Å². The van der Waals surface area contributed by atoms with E-state index in [2.05, 4.69) is 11.1 Å². The molecule has 1 aliphatic heterocycles. The van der Waals surface area contributed by atoms with Gasteiger partial charge in [-0.1, -0.05) is 18.2 Å². The molecule has 3 atom stereocenters. The molecular weight excluding hydrogens is 276 g/mol. The smallest absolute Gasteiger partial charge is 0.227 e. The molecule has 2 N–H and O–H groups in total. The zero-order chi connectivity index (χ0) is 15.3. The summed E-state index contributed by atoms with van der Waals surface area (Å²) in [6, 6.07) is 8.15. The Morgan fingerprint density at radius 3 is 2.68 bits per heavy atom. The van der Waals surface area contributed by atoms with E-state index in [1.807, 2.05) is 30.0 Å². The van der Waals surface area contributed by atoms with E-state index in [0.717, 1.165) is 48.1 Å². The zero-order valence-corrected chi connectivity index (χ0v) is 12.9. The van der Waals surface area contributed by atoms with Crippen LogP contribution >= 0.6 is 0 Å². The van der Waals surface area contributed by atoms with E-state index in [-0.39, 0.29) is 23.8 Å². The fraction of sp³-hybridized carbons (Fsp3) is 0.500. The summed E-state index contributed by atoms with van der Waals surface area (Å²) in [5.41, 5.74) is 3.28. The summed E-state index contributed by atoms with van der Waals surface area (Å²) in [6.07, 6.45) is 2.37. The van der Waals surface area contributed by atoms with Crippen molar-refractivity contribution >= 4 is 16.8 Å². The van der Waals surface area contributed by atoms with Gasteiger partial charge in [-0.25, -0.2) is 0 Å². The summed E-state index contributed by atoms with van der Waals surface area (Å²) >= 11 is 0. The summed E-state index contributed by atoms with van der Waals surface area (Å²) in [5, 5.41) is 11.3. The second kappa shape index (κ2) is 5.13. The molecule has 2 bridgehead atoms. The second-order valence-electron chi connectivity index (χ2n) is 6.84. The first kappa shape index (κ1) is 13.8. The number of para-hydroxylation sites is 1. The number of hydrogen-bond donors (Lipinski definition) is 2. The van der Waals surface area contributed by atoms with Gasteiger partial charge in [-0.15, -0.1) is 0 Å². The number of likely N-dealkylation sites (tertiary alicyclic amines) is 1. The Hall–Kier alpha value is -1.81. The van der Waals surface area contributed by atoms with Crippen molar-refractivity contribution in [2.45, 2.75) is 32.3 Å². The lowest BCUT2D eigenvalue weighted by Gasteiger charge is -2.35. The SMILES string of the molecule is Cc1[nH]c2ccccc2c1CC(=O)N1C[C@H]2CC[C@@H](C1)C2O. The van der Waals surface area contributed by atoms with Crippen molar-refractivity contribution in [1.82, 2.24) is 9.88 Å². The molecule has 1 saturated carbocycles. The van der Waals surface area contributed by atoms with Crippen LogP contribution in [0.1, 0.15) is 24.1 Å². The number of carbonyl (C=O) groups is 1. The molecule has 2 fully saturated rings. The van der Waals surface area contributed by atoms with Crippen molar-refractivity contribution in [3.63, 3.8) is 0 Å². The predicted molar refractivity (Wildman–Crippen MR) is 85.5 cm³/mol. The van der Waals surface area contributed by atoms with Crippen LogP contribution in [0.5, 0.6) is 0 Å². The monoisotopic (exact) mass is 298 g/mol. The van der Waals surface area contributed by atoms with Crippen molar-refractivity contribution in [3.8, 4) is 0 Å². The molecule has 1 saturated heterocycles. The number of amides is 1. The first-order valence-electron chi connectivity index (χ1n) is 8.15. The number of aromatic amines is 1. The summed E-state index contributed by atoms with van der Waals surface area (Å²) in [5.74, 6) is 0.759. The van der Waals surface area contributed by atoms with E-state index < -0.39 is 0 Å². The standard InChI is InChI=1S/C18H22N2O2/c1-11-15(14-4-2-3-5-16(14)19-11)8-17(21)20-9-12-6-7-13(10-20)18(12)22/h2-5,12-13,18-19,22H,6-10H2,1H3/t12-,13+,18?. The van der Waals surface area contributed by atoms with Crippen LogP contribution in [-0.2, 0) is 11.2 Å². The number of piperidine rings is 1. The Morgan fingerprint density at radius 2 is 1.95 bits per heavy atom. The van der Waals surface area contributed by atoms with Gasteiger partial charge in [-0.2, -0.15) is 0 Å². The van der Waals surface area contributed by atoms with Crippen molar-refractivity contribution in [2.24, 2.45) is 11.8 Å². The summed E-state index contributed by atoms with van der Waals surface area (Å²) in [6.45, 7) is 3.47. The lowest BCUT2D eigenvalue weighted by Crippen LogP contribution is -2.47. The van der Waals surface area contributed by atoms with Crippen LogP contribution in [0.3, 0.4) is 0 Å². The number of fused-ring (bicyclic) bond motifs is 3. The van der Waals surface area contributed by atoms with Gasteiger partial charge in [0, 0.05) is 41.5 Å². The highest BCUT2D eigenvalue weighted by molar-refractivity contribution is 5.90. The molecule has 22 heavy (non-hydrogen) atoms. The van der Waals surface area contributed by atoms with Crippen molar-refractivity contribution in [2.75, 3.05) is 13.1 Å². The molecule has 1 aromatic heterocycles. The number of rotatable bonds is 2. The average Bonchev–Trinajstić information content (AvgIpc) is 2.91. The first-order valence-corrected chi connectivity index (χ1v) is 8.15. The van der Waals surface area contributed by atoms with Gasteiger partial charge in [0.2, 0.25) is 5.91 Å². The van der Waals surface area contributed by atoms with Gasteiger partial charge >= 0.3 is 0 Å². The molecule has 2 aromatic rings. The molecule has 1 unspecified atom stereocenters. The second-order valence-corrected chi connectivity index (χ2v) is 6.84. The lowest BCUT2D eigenvalue weighted by atomic mass is 9.94. The van der Waals surface area contributed by atoms with Gasteiger partial charge in [0.05, 0.1) is 12.5 Å². The third kappa shape index (κ3) is 2.13. The molecule has 0 radical (unpaired) electrons. The van der Waals surface area contributed by atoms with Crippen molar-refractivity contribution < 1.29 is 9.90 Å². The first-order chi connectivity index (χ1) is 10.6. The normalized spacial score (nSPS) is 27.5. The number of aryl methyl sites for hydroxylation is 1. The number of aliphatic hydroxyl groups is 1. The minimum Gasteiger partial charge on any atom is -0.392 e. The third-order valence-electron chi connectivity index (χ3n) is 5.49. The minimum absolute atomic E-state index is 0.191. The van der Waals surface area contributed by atoms with Gasteiger partial charge in [0.1, 0.15) is 0 Å². The fourth-order valence-electron chi connectivity index (χ4n) is 4.22. The Balaban J connectivity index is 1.56. The maximum absolute atomic E-state index is 12.7. The van der Waals surface area contributed by atoms with E-state index in [1.54, 1.807) is 0 Å². The maximum Gasteiger partial charge on any atom is 0.227 e. The zero-order valence-electron chi connectivity index (χ0n) is 12.9. The Kier molecular flexibility index (Phi) is 3.22. The summed E-state index contributed by atoms with van der Waals surface area (Å²) < 4.78 is 0. The van der Waals surface area contributed by atoms with Crippen molar-refractivity contribution in [1.29, 1.82) is 0 Å². The van der Waals surface area contributed by atoms with Crippen LogP contribution < -0.4 is 0 Å². The highest BCUT2D eigenvalue weighted by atomic mass is 16.3. The van der Waals surface area contributed by atoms with Crippen LogP contribution in [-0.4, -0.2) is 40.1 Å². The van der Waals surface area contributed by atoms with E-state index in [0.29, 0.717) is 6.42 Å². The Bertz CT molecular complexity index is 707. The van der Waals surface area contributed by atoms with Crippen LogP contribution in [0, 0.1) is 18.8 Å². The highest BCUT2D eigenvalue weighted by Gasteiger charge is 2.42. The van der Waals surface area contributed by atoms with Gasteiger partial charge in [-0.3, -0.25) is 4.79 Å². The van der Waals surface area contributed by atoms with E-state index in [9.17, 15) is 9.90 Å². The summed E-state index contributed by atoms with van der Waals surface area (Å²) in [4.78, 5) is 18.0. The van der Waals surface area contributed by atoms with Crippen LogP contribution in [0.15, 0.2) is 24.3 Å². The van der Waals surface area contributed by atoms with Crippen LogP contribution in [0.2, 0.25) is 0 Å². The number of aliphatic hydroxyl groups excluding tert-OH is 1. The van der Waals surface area contributed by atoms with Gasteiger partial charge < -0.3 is 15.0 Å². The molecule has 1 aromatic carbocycles. The number of carbonyl (C=O) groups excluding carboxylic acids is 1. The largest absolute Gasteiger partial charge is 0.392 e. The minimum atomic E-state index is -0.195. The van der Waals surface area contributed by atoms with Gasteiger partial charge in [-0.05, 0) is 31.4 Å². The lowest BCUT2D eigenvalue weighted by molar-refractivity contribution is -0.134. The molecule has 4 nitrogen and oxygen atoms in total. The number of benzene rings is 1. The number of nitrogens with one attached hydrogen (secondary N) is 1. The van der Waals surface area contributed by atoms with Crippen molar-refractivity contribution in [3.05, 3.63) is 35.5 Å². The Labute approximate surface area is 130 Å². The van der Waals surface area contributed by atoms with Gasteiger partial charge in [0.15, 0.2) is 0 Å². The van der Waals surface area contributed by atoms with Gasteiger partial charge in [0.25, 0.3) is 0 Å². The van der Waals surface area contributed by atoms with Crippen LogP contribution in [0.25, 0.3) is 10.9 Å². The fourth-order valence-corrected chi connectivity index (χ4v) is 4.22. The molecule has 4 heteroatoms. The number of aromatic nitrogens is 1. The van der Waals surface area contributed by atoms with E-state index in [1.165, 1.54) is 0 Å². The molecule has 0 spiro atoms. The number of hydrogen-bond acceptors (Lipinski definition) is 2. The van der Waals surface area contributed by atoms with E-state index >= 15 is 0 Å². The molecule has 116 valence electrons.